The Kier molecular flexibility index (Phi) is 3.45. The van der Waals surface area contributed by atoms with Gasteiger partial charge in [-0.05, 0) is 30.7 Å². The molecule has 1 atom stereocenters. The largest absolute Gasteiger partial charge is 0.456 e. The summed E-state index contributed by atoms with van der Waals surface area (Å²) in [6.45, 7) is 2.17. The van der Waals surface area contributed by atoms with E-state index in [1.807, 2.05) is 25.1 Å². The summed E-state index contributed by atoms with van der Waals surface area (Å²) in [5.41, 5.74) is 7.50. The van der Waals surface area contributed by atoms with Gasteiger partial charge < -0.3 is 20.4 Å². The van der Waals surface area contributed by atoms with E-state index in [2.05, 4.69) is 15.6 Å². The number of nitrogens with two attached hydrogens (primary N) is 1. The maximum absolute atomic E-state index is 12.9. The predicted octanol–water partition coefficient (Wildman–Crippen LogP) is 1.41. The average Bonchev–Trinajstić information content (AvgIpc) is 3.31. The van der Waals surface area contributed by atoms with E-state index >= 15 is 0 Å². The second-order valence-electron chi connectivity index (χ2n) is 7.37. The topological polar surface area (TPSA) is 131 Å². The van der Waals surface area contributed by atoms with Gasteiger partial charge in [0, 0.05) is 18.2 Å². The van der Waals surface area contributed by atoms with E-state index in [1.54, 1.807) is 18.2 Å². The number of furan rings is 1. The highest BCUT2D eigenvalue weighted by Crippen LogP contribution is 2.34. The first-order valence-corrected chi connectivity index (χ1v) is 9.05. The van der Waals surface area contributed by atoms with Crippen molar-refractivity contribution in [1.29, 1.82) is 0 Å². The van der Waals surface area contributed by atoms with E-state index in [9.17, 15) is 14.4 Å². The number of nitrogens with one attached hydrogen (secondary N) is 2. The number of benzene rings is 1. The van der Waals surface area contributed by atoms with E-state index in [4.69, 9.17) is 10.2 Å². The van der Waals surface area contributed by atoms with Crippen LogP contribution in [0.25, 0.3) is 11.1 Å². The third kappa shape index (κ3) is 2.54. The number of pyridine rings is 1. The molecule has 4 amide bonds. The molecule has 0 saturated carbocycles. The van der Waals surface area contributed by atoms with Crippen molar-refractivity contribution >= 4 is 34.8 Å². The number of nitrogen functional groups attached to an aromatic ring is 1. The van der Waals surface area contributed by atoms with E-state index in [-0.39, 0.29) is 18.2 Å². The third-order valence-electron chi connectivity index (χ3n) is 5.33. The summed E-state index contributed by atoms with van der Waals surface area (Å²) in [6.07, 6.45) is 0. The SMILES string of the molecule is Cc1ccc2c(c1)C(=O)N(C[C@@]1(c3cc4nc(N)ccc4o3)NC(=O)NC1=O)C2. The first-order chi connectivity index (χ1) is 13.9. The second-order valence-corrected chi connectivity index (χ2v) is 7.37. The Bertz CT molecular complexity index is 1220. The molecule has 1 fully saturated rings. The van der Waals surface area contributed by atoms with Crippen molar-refractivity contribution < 1.29 is 18.8 Å². The van der Waals surface area contributed by atoms with E-state index in [0.717, 1.165) is 11.1 Å². The summed E-state index contributed by atoms with van der Waals surface area (Å²) in [4.78, 5) is 43.5. The number of nitrogens with zero attached hydrogens (tertiary/aromatic N) is 2. The molecule has 1 saturated heterocycles. The Morgan fingerprint density at radius 1 is 1.21 bits per heavy atom. The fraction of sp³-hybridized carbons (Fsp3) is 0.200. The van der Waals surface area contributed by atoms with Crippen LogP contribution in [0.5, 0.6) is 0 Å². The monoisotopic (exact) mass is 391 g/mol. The van der Waals surface area contributed by atoms with Gasteiger partial charge in [0.15, 0.2) is 11.1 Å². The number of imide groups is 1. The van der Waals surface area contributed by atoms with Crippen LogP contribution in [0.3, 0.4) is 0 Å². The van der Waals surface area contributed by atoms with Crippen LogP contribution in [-0.2, 0) is 16.9 Å². The zero-order chi connectivity index (χ0) is 20.3. The van der Waals surface area contributed by atoms with Crippen LogP contribution < -0.4 is 16.4 Å². The highest BCUT2D eigenvalue weighted by molar-refractivity contribution is 6.08. The number of aromatic nitrogens is 1. The number of carbonyl (C=O) groups is 3. The zero-order valence-corrected chi connectivity index (χ0v) is 15.5. The van der Waals surface area contributed by atoms with Crippen molar-refractivity contribution in [1.82, 2.24) is 20.5 Å². The maximum atomic E-state index is 12.9. The molecule has 0 bridgehead atoms. The highest BCUT2D eigenvalue weighted by atomic mass is 16.3. The molecule has 0 aliphatic carbocycles. The summed E-state index contributed by atoms with van der Waals surface area (Å²) in [7, 11) is 0. The van der Waals surface area contributed by atoms with Crippen LogP contribution in [0, 0.1) is 6.92 Å². The van der Waals surface area contributed by atoms with Crippen LogP contribution in [-0.4, -0.2) is 34.3 Å². The lowest BCUT2D eigenvalue weighted by molar-refractivity contribution is -0.125. The maximum Gasteiger partial charge on any atom is 0.322 e. The molecule has 2 aliphatic rings. The molecule has 2 aromatic heterocycles. The number of urea groups is 1. The van der Waals surface area contributed by atoms with Gasteiger partial charge in [0.25, 0.3) is 11.8 Å². The minimum Gasteiger partial charge on any atom is -0.456 e. The van der Waals surface area contributed by atoms with Gasteiger partial charge in [-0.2, -0.15) is 0 Å². The molecule has 5 rings (SSSR count). The van der Waals surface area contributed by atoms with E-state index in [0.29, 0.717) is 29.0 Å². The minimum atomic E-state index is -1.56. The number of hydrogen-bond acceptors (Lipinski definition) is 6. The lowest BCUT2D eigenvalue weighted by Gasteiger charge is -2.28. The number of carbonyl (C=O) groups excluding carboxylic acids is 3. The molecular weight excluding hydrogens is 374 g/mol. The van der Waals surface area contributed by atoms with Crippen LogP contribution in [0.1, 0.15) is 27.2 Å². The molecular formula is C20H17N5O4. The van der Waals surface area contributed by atoms with Gasteiger partial charge in [-0.1, -0.05) is 17.7 Å². The van der Waals surface area contributed by atoms with Crippen molar-refractivity contribution in [3.63, 3.8) is 0 Å². The molecule has 29 heavy (non-hydrogen) atoms. The fourth-order valence-electron chi connectivity index (χ4n) is 3.89. The number of anilines is 1. The molecule has 3 aromatic rings. The van der Waals surface area contributed by atoms with Gasteiger partial charge in [0.2, 0.25) is 0 Å². The average molecular weight is 391 g/mol. The molecule has 0 radical (unpaired) electrons. The normalized spacial score (nSPS) is 20.9. The molecule has 0 unspecified atom stereocenters. The quantitative estimate of drug-likeness (QED) is 0.579. The second kappa shape index (κ2) is 5.81. The molecule has 9 nitrogen and oxygen atoms in total. The van der Waals surface area contributed by atoms with Crippen molar-refractivity contribution in [2.45, 2.75) is 19.0 Å². The van der Waals surface area contributed by atoms with Gasteiger partial charge in [-0.3, -0.25) is 14.9 Å². The minimum absolute atomic E-state index is 0.0769. The van der Waals surface area contributed by atoms with Crippen molar-refractivity contribution in [3.8, 4) is 0 Å². The lowest BCUT2D eigenvalue weighted by atomic mass is 9.95. The highest BCUT2D eigenvalue weighted by Gasteiger charge is 2.53. The van der Waals surface area contributed by atoms with E-state index in [1.165, 1.54) is 4.90 Å². The number of hydrogen-bond donors (Lipinski definition) is 3. The number of rotatable bonds is 3. The van der Waals surface area contributed by atoms with Gasteiger partial charge in [0.05, 0.1) is 6.54 Å². The Morgan fingerprint density at radius 2 is 2.03 bits per heavy atom. The first-order valence-electron chi connectivity index (χ1n) is 9.05. The number of amides is 4. The summed E-state index contributed by atoms with van der Waals surface area (Å²) in [5, 5.41) is 4.90. The zero-order valence-electron chi connectivity index (χ0n) is 15.5. The van der Waals surface area contributed by atoms with Crippen molar-refractivity contribution in [2.24, 2.45) is 0 Å². The predicted molar refractivity (Wildman–Crippen MR) is 103 cm³/mol. The standard InChI is InChI=1S/C20H17N5O4/c1-10-2-3-11-8-25(17(26)12(11)6-10)9-20(18(27)23-19(28)24-20)15-7-13-14(29-15)4-5-16(21)22-13/h2-7H,8-9H2,1H3,(H2,21,22)(H2,23,24,27,28)/t20-/m0/s1. The van der Waals surface area contributed by atoms with Gasteiger partial charge in [-0.15, -0.1) is 0 Å². The summed E-state index contributed by atoms with van der Waals surface area (Å²) in [6, 6.07) is 9.80. The lowest BCUT2D eigenvalue weighted by Crippen LogP contribution is -2.52. The van der Waals surface area contributed by atoms with E-state index < -0.39 is 17.5 Å². The van der Waals surface area contributed by atoms with Crippen LogP contribution >= 0.6 is 0 Å². The smallest absolute Gasteiger partial charge is 0.322 e. The Labute approximate surface area is 164 Å². The number of fused-ring (bicyclic) bond motifs is 2. The third-order valence-corrected chi connectivity index (χ3v) is 5.33. The Balaban J connectivity index is 1.57. The Morgan fingerprint density at radius 3 is 2.79 bits per heavy atom. The molecule has 0 spiro atoms. The fourth-order valence-corrected chi connectivity index (χ4v) is 3.89. The summed E-state index contributed by atoms with van der Waals surface area (Å²) >= 11 is 0. The molecule has 2 aliphatic heterocycles. The summed E-state index contributed by atoms with van der Waals surface area (Å²) < 4.78 is 5.84. The van der Waals surface area contributed by atoms with Crippen LogP contribution in [0.15, 0.2) is 40.8 Å². The molecule has 1 aromatic carbocycles. The number of aryl methyl sites for hydroxylation is 1. The van der Waals surface area contributed by atoms with Crippen molar-refractivity contribution in [3.05, 3.63) is 58.8 Å². The molecule has 4 heterocycles. The van der Waals surface area contributed by atoms with Crippen LogP contribution in [0.2, 0.25) is 0 Å². The van der Waals surface area contributed by atoms with Gasteiger partial charge >= 0.3 is 6.03 Å². The Hall–Kier alpha value is -3.88. The van der Waals surface area contributed by atoms with Crippen LogP contribution in [0.4, 0.5) is 10.6 Å². The van der Waals surface area contributed by atoms with Gasteiger partial charge in [0.1, 0.15) is 17.1 Å². The first kappa shape index (κ1) is 17.2. The van der Waals surface area contributed by atoms with Gasteiger partial charge in [-0.25, -0.2) is 9.78 Å². The summed E-state index contributed by atoms with van der Waals surface area (Å²) in [5.74, 6) is -0.293. The van der Waals surface area contributed by atoms with Crippen molar-refractivity contribution in [2.75, 3.05) is 12.3 Å². The molecule has 4 N–H and O–H groups in total. The molecule has 9 heteroatoms. The molecule has 146 valence electrons.